The number of aromatic amines is 1. The van der Waals surface area contributed by atoms with Crippen molar-refractivity contribution in [2.75, 3.05) is 21.3 Å². The molecule has 1 aromatic heterocycles. The van der Waals surface area contributed by atoms with Gasteiger partial charge in [-0.2, -0.15) is 0 Å². The molecule has 6 nitrogen and oxygen atoms in total. The molecule has 0 aliphatic heterocycles. The van der Waals surface area contributed by atoms with Crippen LogP contribution in [0.1, 0.15) is 10.4 Å². The minimum absolute atomic E-state index is 0.0481. The first kappa shape index (κ1) is 14.6. The normalized spacial score (nSPS) is 10.0. The molecule has 2 rings (SSSR count). The smallest absolute Gasteiger partial charge is 0.347 e. The van der Waals surface area contributed by atoms with E-state index in [9.17, 15) is 9.59 Å². The molecule has 0 radical (unpaired) electrons. The van der Waals surface area contributed by atoms with Crippen LogP contribution in [0.2, 0.25) is 0 Å². The molecule has 110 valence electrons. The molecule has 2 aromatic rings. The van der Waals surface area contributed by atoms with E-state index in [1.54, 1.807) is 0 Å². The maximum Gasteiger partial charge on any atom is 0.347 e. The lowest BCUT2D eigenvalue weighted by Gasteiger charge is -2.15. The number of aromatic nitrogens is 1. The number of esters is 1. The predicted octanol–water partition coefficient (Wildman–Crippen LogP) is 1.85. The van der Waals surface area contributed by atoms with Gasteiger partial charge in [-0.25, -0.2) is 4.79 Å². The molecule has 0 spiro atoms. The van der Waals surface area contributed by atoms with Gasteiger partial charge in [-0.3, -0.25) is 4.79 Å². The second kappa shape index (κ2) is 6.13. The van der Waals surface area contributed by atoms with Crippen molar-refractivity contribution in [3.05, 3.63) is 46.2 Å². The van der Waals surface area contributed by atoms with Crippen LogP contribution < -0.4 is 15.0 Å². The van der Waals surface area contributed by atoms with E-state index in [0.29, 0.717) is 5.69 Å². The fourth-order valence-electron chi connectivity index (χ4n) is 2.05. The van der Waals surface area contributed by atoms with Crippen molar-refractivity contribution in [2.24, 2.45) is 0 Å². The first-order chi connectivity index (χ1) is 10.1. The van der Waals surface area contributed by atoms with Crippen LogP contribution in [0.4, 0.5) is 0 Å². The van der Waals surface area contributed by atoms with Gasteiger partial charge in [0.2, 0.25) is 0 Å². The molecule has 0 aliphatic carbocycles. The second-order valence-electron chi connectivity index (χ2n) is 4.13. The number of hydrogen-bond donors (Lipinski definition) is 1. The Morgan fingerprint density at radius 1 is 1.00 bits per heavy atom. The van der Waals surface area contributed by atoms with E-state index in [1.807, 2.05) is 30.3 Å². The first-order valence-electron chi connectivity index (χ1n) is 6.16. The average Bonchev–Trinajstić information content (AvgIpc) is 2.53. The summed E-state index contributed by atoms with van der Waals surface area (Å²) in [5.41, 5.74) is 0.351. The molecule has 0 unspecified atom stereocenters. The minimum Gasteiger partial charge on any atom is -0.492 e. The maximum absolute atomic E-state index is 12.2. The zero-order valence-electron chi connectivity index (χ0n) is 11.9. The van der Waals surface area contributed by atoms with Crippen molar-refractivity contribution in [3.8, 4) is 22.8 Å². The summed E-state index contributed by atoms with van der Waals surface area (Å²) in [6.45, 7) is 0. The highest BCUT2D eigenvalue weighted by atomic mass is 16.5. The highest BCUT2D eigenvalue weighted by Crippen LogP contribution is 2.37. The van der Waals surface area contributed by atoms with Crippen LogP contribution in [0, 0.1) is 0 Å². The van der Waals surface area contributed by atoms with Crippen LogP contribution in [-0.2, 0) is 4.74 Å². The van der Waals surface area contributed by atoms with Gasteiger partial charge in [-0.15, -0.1) is 0 Å². The fourth-order valence-corrected chi connectivity index (χ4v) is 2.05. The van der Waals surface area contributed by atoms with Crippen molar-refractivity contribution in [2.45, 2.75) is 0 Å². The van der Waals surface area contributed by atoms with Crippen LogP contribution in [-0.4, -0.2) is 32.3 Å². The molecular weight excluding hydrogens is 274 g/mol. The largest absolute Gasteiger partial charge is 0.492 e. The second-order valence-corrected chi connectivity index (χ2v) is 4.13. The Bertz CT molecular complexity index is 706. The number of methoxy groups -OCH3 is 3. The lowest BCUT2D eigenvalue weighted by atomic mass is 10.1. The van der Waals surface area contributed by atoms with Crippen LogP contribution >= 0.6 is 0 Å². The van der Waals surface area contributed by atoms with Crippen molar-refractivity contribution >= 4 is 5.97 Å². The molecule has 1 N–H and O–H groups in total. The molecule has 6 heteroatoms. The topological polar surface area (TPSA) is 77.6 Å². The van der Waals surface area contributed by atoms with Crippen LogP contribution in [0.25, 0.3) is 11.3 Å². The number of carbonyl (C=O) groups is 1. The lowest BCUT2D eigenvalue weighted by Crippen LogP contribution is -2.21. The SMILES string of the molecule is COC(=O)c1c(OC)c(OC)c(-c2ccccc2)[nH]c1=O. The molecule has 0 atom stereocenters. The summed E-state index contributed by atoms with van der Waals surface area (Å²) in [6, 6.07) is 9.13. The van der Waals surface area contributed by atoms with Gasteiger partial charge in [0.1, 0.15) is 0 Å². The molecule has 0 amide bonds. The summed E-state index contributed by atoms with van der Waals surface area (Å²) in [6.07, 6.45) is 0. The first-order valence-corrected chi connectivity index (χ1v) is 6.16. The molecule has 0 saturated carbocycles. The lowest BCUT2D eigenvalue weighted by molar-refractivity contribution is 0.0594. The Balaban J connectivity index is 2.78. The monoisotopic (exact) mass is 289 g/mol. The third kappa shape index (κ3) is 2.60. The van der Waals surface area contributed by atoms with Crippen molar-refractivity contribution in [3.63, 3.8) is 0 Å². The average molecular weight is 289 g/mol. The Hall–Kier alpha value is -2.76. The van der Waals surface area contributed by atoms with Gasteiger partial charge in [0, 0.05) is 5.56 Å². The quantitative estimate of drug-likeness (QED) is 0.869. The highest BCUT2D eigenvalue weighted by Gasteiger charge is 2.25. The van der Waals surface area contributed by atoms with E-state index in [-0.39, 0.29) is 17.1 Å². The summed E-state index contributed by atoms with van der Waals surface area (Å²) >= 11 is 0. The Labute approximate surface area is 121 Å². The van der Waals surface area contributed by atoms with Gasteiger partial charge in [-0.05, 0) is 0 Å². The Morgan fingerprint density at radius 3 is 2.14 bits per heavy atom. The minimum atomic E-state index is -0.786. The molecule has 21 heavy (non-hydrogen) atoms. The van der Waals surface area contributed by atoms with E-state index >= 15 is 0 Å². The number of rotatable bonds is 4. The molecule has 0 saturated heterocycles. The van der Waals surface area contributed by atoms with E-state index in [0.717, 1.165) is 5.56 Å². The van der Waals surface area contributed by atoms with Crippen LogP contribution in [0.3, 0.4) is 0 Å². The third-order valence-electron chi connectivity index (χ3n) is 2.99. The van der Waals surface area contributed by atoms with E-state index in [1.165, 1.54) is 21.3 Å². The zero-order valence-corrected chi connectivity index (χ0v) is 11.9. The predicted molar refractivity (Wildman–Crippen MR) is 76.9 cm³/mol. The summed E-state index contributed by atoms with van der Waals surface area (Å²) in [5.74, 6) is -0.471. The van der Waals surface area contributed by atoms with Gasteiger partial charge < -0.3 is 19.2 Å². The summed E-state index contributed by atoms with van der Waals surface area (Å²) in [7, 11) is 3.99. The standard InChI is InChI=1S/C15H15NO5/c1-19-12-10(15(18)21-3)14(17)16-11(13(12)20-2)9-7-5-4-6-8-9/h4-8H,1-3H3,(H,16,17). The van der Waals surface area contributed by atoms with Gasteiger partial charge in [0.25, 0.3) is 5.56 Å². The van der Waals surface area contributed by atoms with E-state index in [2.05, 4.69) is 9.72 Å². The molecule has 1 heterocycles. The third-order valence-corrected chi connectivity index (χ3v) is 2.99. The number of nitrogens with one attached hydrogen (secondary N) is 1. The number of H-pyrrole nitrogens is 1. The van der Waals surface area contributed by atoms with E-state index < -0.39 is 11.5 Å². The Morgan fingerprint density at radius 2 is 1.62 bits per heavy atom. The van der Waals surface area contributed by atoms with Crippen molar-refractivity contribution in [1.29, 1.82) is 0 Å². The Kier molecular flexibility index (Phi) is 4.27. The number of carbonyl (C=O) groups excluding carboxylic acids is 1. The maximum atomic E-state index is 12.2. The van der Waals surface area contributed by atoms with E-state index in [4.69, 9.17) is 9.47 Å². The zero-order chi connectivity index (χ0) is 15.4. The molecule has 1 aromatic carbocycles. The number of ether oxygens (including phenoxy) is 3. The van der Waals surface area contributed by atoms with Gasteiger partial charge in [0.05, 0.1) is 27.0 Å². The van der Waals surface area contributed by atoms with Gasteiger partial charge in [-0.1, -0.05) is 30.3 Å². The van der Waals surface area contributed by atoms with Crippen molar-refractivity contribution < 1.29 is 19.0 Å². The molecular formula is C15H15NO5. The van der Waals surface area contributed by atoms with Gasteiger partial charge >= 0.3 is 5.97 Å². The van der Waals surface area contributed by atoms with Crippen molar-refractivity contribution in [1.82, 2.24) is 4.98 Å². The summed E-state index contributed by atoms with van der Waals surface area (Å²) in [5, 5.41) is 0. The van der Waals surface area contributed by atoms with Crippen LogP contribution in [0.15, 0.2) is 35.1 Å². The molecule has 0 aliphatic rings. The summed E-state index contributed by atoms with van der Waals surface area (Å²) in [4.78, 5) is 26.6. The molecule has 0 fully saturated rings. The highest BCUT2D eigenvalue weighted by molar-refractivity contribution is 5.94. The fraction of sp³-hybridized carbons (Fsp3) is 0.200. The molecule has 0 bridgehead atoms. The number of pyridine rings is 1. The summed E-state index contributed by atoms with van der Waals surface area (Å²) < 4.78 is 15.1. The van der Waals surface area contributed by atoms with Crippen LogP contribution in [0.5, 0.6) is 11.5 Å². The van der Waals surface area contributed by atoms with Gasteiger partial charge in [0.15, 0.2) is 17.1 Å². The number of benzene rings is 1. The number of hydrogen-bond acceptors (Lipinski definition) is 5.